The minimum absolute atomic E-state index is 0.0361. The Kier molecular flexibility index (Phi) is 51.8. The van der Waals surface area contributed by atoms with E-state index >= 15 is 14.4 Å². The van der Waals surface area contributed by atoms with Gasteiger partial charge in [0.25, 0.3) is 0 Å². The van der Waals surface area contributed by atoms with Crippen LogP contribution in [0.3, 0.4) is 0 Å². The number of hydrogen-bond donors (Lipinski definition) is 0. The van der Waals surface area contributed by atoms with Gasteiger partial charge in [0.05, 0.1) is 235 Å². The number of carbonyl (C=O) groups excluding carboxylic acids is 3. The smallest absolute Gasteiger partial charge is 0.338 e. The molecule has 24 nitrogen and oxygen atoms in total. The van der Waals surface area contributed by atoms with E-state index in [4.69, 9.17) is 99.5 Å². The van der Waals surface area contributed by atoms with Crippen molar-refractivity contribution in [2.75, 3.05) is 139 Å². The Morgan fingerprint density at radius 2 is 0.252 bits per heavy atom. The van der Waals surface area contributed by atoms with Gasteiger partial charge >= 0.3 is 17.9 Å². The van der Waals surface area contributed by atoms with Crippen molar-refractivity contribution in [3.05, 3.63) is 466 Å². The standard InChI is InChI=1S/C123H138O24/c124-121(145-82-109(76-139-115(85-127-64-97-37-13-1-14-38-97)86-128-65-98-39-15-2-16-40-98)77-140-116(87-129-66-99-41-17-3-18-42-99)88-130-67-100-43-19-4-20-44-100)112-61-113(122(125)146-83-110(78-141-117(89-131-68-101-45-21-5-22-46-101)90-132-69-102-47-23-6-24-48-102)79-142-118(91-133-70-103-49-25-7-26-50-103)92-134-71-104-51-27-8-28-52-104)63-114(62-112)123(126)147-84-111(80-143-119(93-135-72-105-53-29-9-30-54-105)94-136-73-106-55-31-10-32-56-106)81-144-120(95-137-74-107-57-33-11-34-58-107)96-138-75-108-59-35-12-36-60-108/h1-63,109-111,115-120H,64-96H2. The molecule has 0 amide bonds. The van der Waals surface area contributed by atoms with E-state index in [2.05, 4.69) is 0 Å². The van der Waals surface area contributed by atoms with Gasteiger partial charge in [-0.15, -0.1) is 0 Å². The van der Waals surface area contributed by atoms with Gasteiger partial charge < -0.3 is 99.5 Å². The summed E-state index contributed by atoms with van der Waals surface area (Å²) in [7, 11) is 0. The summed E-state index contributed by atoms with van der Waals surface area (Å²) >= 11 is 0. The average Bonchev–Trinajstić information content (AvgIpc) is 0.819. The normalized spacial score (nSPS) is 11.7. The van der Waals surface area contributed by atoms with Crippen molar-refractivity contribution in [3.8, 4) is 0 Å². The molecule has 0 aliphatic heterocycles. The summed E-state index contributed by atoms with van der Waals surface area (Å²) in [5, 5.41) is 0. The Labute approximate surface area is 864 Å². The summed E-state index contributed by atoms with van der Waals surface area (Å²) in [4.78, 5) is 46.8. The first kappa shape index (κ1) is 112. The second kappa shape index (κ2) is 68.2. The largest absolute Gasteiger partial charge is 0.462 e. The first-order valence-electron chi connectivity index (χ1n) is 50.4. The highest BCUT2D eigenvalue weighted by Gasteiger charge is 2.29. The summed E-state index contributed by atoms with van der Waals surface area (Å²) < 4.78 is 137. The maximum atomic E-state index is 15.6. The fourth-order valence-electron chi connectivity index (χ4n) is 15.3. The molecular weight excluding hydrogens is 1860 g/mol. The third-order valence-electron chi connectivity index (χ3n) is 23.4. The lowest BCUT2D eigenvalue weighted by atomic mass is 10.1. The van der Waals surface area contributed by atoms with Gasteiger partial charge in [-0.05, 0) is 85.0 Å². The van der Waals surface area contributed by atoms with Crippen molar-refractivity contribution < 1.29 is 114 Å². The van der Waals surface area contributed by atoms with E-state index < -0.39 is 72.3 Å². The molecule has 13 aromatic carbocycles. The van der Waals surface area contributed by atoms with Crippen LogP contribution in [0.4, 0.5) is 0 Å². The van der Waals surface area contributed by atoms with E-state index in [1.54, 1.807) is 0 Å². The molecule has 0 fully saturated rings. The number of esters is 3. The highest BCUT2D eigenvalue weighted by atomic mass is 16.6. The lowest BCUT2D eigenvalue weighted by Gasteiger charge is -2.25. The van der Waals surface area contributed by atoms with Crippen LogP contribution < -0.4 is 0 Å². The second-order valence-corrected chi connectivity index (χ2v) is 35.9. The Bertz CT molecular complexity index is 4480. The minimum Gasteiger partial charge on any atom is -0.462 e. The van der Waals surface area contributed by atoms with Crippen LogP contribution in [0.5, 0.6) is 0 Å². The fourth-order valence-corrected chi connectivity index (χ4v) is 15.3. The number of rotatable bonds is 75. The third-order valence-corrected chi connectivity index (χ3v) is 23.4. The lowest BCUT2D eigenvalue weighted by Crippen LogP contribution is -2.34. The van der Waals surface area contributed by atoms with Crippen LogP contribution in [0.1, 0.15) is 97.8 Å². The zero-order chi connectivity index (χ0) is 101. The minimum atomic E-state index is -0.916. The highest BCUT2D eigenvalue weighted by molar-refractivity contribution is 6.00. The fraction of sp³-hybridized carbons (Fsp3) is 0.341. The number of ether oxygens (including phenoxy) is 21. The first-order chi connectivity index (χ1) is 72.6. The molecule has 0 aliphatic rings. The molecule has 0 saturated carbocycles. The van der Waals surface area contributed by atoms with E-state index in [9.17, 15) is 0 Å². The number of benzene rings is 13. The Morgan fingerprint density at radius 1 is 0.143 bits per heavy atom. The molecule has 13 aromatic rings. The van der Waals surface area contributed by atoms with Crippen LogP contribution in [-0.4, -0.2) is 193 Å². The molecule has 0 atom stereocenters. The van der Waals surface area contributed by atoms with Gasteiger partial charge in [-0.1, -0.05) is 364 Å². The topological polar surface area (TPSA) is 245 Å². The summed E-state index contributed by atoms with van der Waals surface area (Å²) in [6, 6.07) is 122. The molecule has 147 heavy (non-hydrogen) atoms. The Morgan fingerprint density at radius 3 is 0.361 bits per heavy atom. The second-order valence-electron chi connectivity index (χ2n) is 35.9. The van der Waals surface area contributed by atoms with E-state index in [1.165, 1.54) is 18.2 Å². The van der Waals surface area contributed by atoms with Gasteiger partial charge in [0, 0.05) is 17.8 Å². The molecule has 0 radical (unpaired) electrons. The molecule has 0 heterocycles. The average molecular weight is 2000 g/mol. The van der Waals surface area contributed by atoms with Crippen molar-refractivity contribution >= 4 is 17.9 Å². The Balaban J connectivity index is 0.812. The van der Waals surface area contributed by atoms with Crippen LogP contribution in [0.2, 0.25) is 0 Å². The molecule has 0 saturated heterocycles. The van der Waals surface area contributed by atoms with E-state index in [0.717, 1.165) is 66.8 Å². The third kappa shape index (κ3) is 45.8. The molecule has 0 bridgehead atoms. The summed E-state index contributed by atoms with van der Waals surface area (Å²) in [6.45, 7) is 4.13. The molecule has 0 unspecified atom stereocenters. The summed E-state index contributed by atoms with van der Waals surface area (Å²) in [5.41, 5.74) is 11.1. The predicted octanol–water partition coefficient (Wildman–Crippen LogP) is 20.9. The Hall–Kier alpha value is -12.5. The van der Waals surface area contributed by atoms with Crippen LogP contribution in [-0.2, 0) is 179 Å². The van der Waals surface area contributed by atoms with Gasteiger partial charge in [0.15, 0.2) is 0 Å². The van der Waals surface area contributed by atoms with E-state index in [0.29, 0.717) is 79.3 Å². The lowest BCUT2D eigenvalue weighted by molar-refractivity contribution is -0.107. The molecule has 774 valence electrons. The zero-order valence-electron chi connectivity index (χ0n) is 83.7. The van der Waals surface area contributed by atoms with Gasteiger partial charge in [-0.2, -0.15) is 0 Å². The molecule has 0 N–H and O–H groups in total. The predicted molar refractivity (Wildman–Crippen MR) is 559 cm³/mol. The van der Waals surface area contributed by atoms with Crippen LogP contribution in [0, 0.1) is 17.8 Å². The maximum Gasteiger partial charge on any atom is 0.338 e. The monoisotopic (exact) mass is 2000 g/mol. The first-order valence-corrected chi connectivity index (χ1v) is 50.4. The summed E-state index contributed by atoms with van der Waals surface area (Å²) in [5.74, 6) is -4.84. The van der Waals surface area contributed by atoms with Crippen molar-refractivity contribution in [1.29, 1.82) is 0 Å². The van der Waals surface area contributed by atoms with Gasteiger partial charge in [-0.3, -0.25) is 0 Å². The highest BCUT2D eigenvalue weighted by Crippen LogP contribution is 2.23. The summed E-state index contributed by atoms with van der Waals surface area (Å²) in [6.07, 6.45) is -3.76. The number of hydrogen-bond acceptors (Lipinski definition) is 24. The molecule has 0 aliphatic carbocycles. The quantitative estimate of drug-likeness (QED) is 0.0254. The van der Waals surface area contributed by atoms with Gasteiger partial charge in [0.2, 0.25) is 0 Å². The van der Waals surface area contributed by atoms with Crippen molar-refractivity contribution in [2.45, 2.75) is 116 Å². The SMILES string of the molecule is O=C(OCC(COC(COCc1ccccc1)COCc1ccccc1)COC(COCc1ccccc1)COCc1ccccc1)c1cc(C(=O)OCC(COC(COCc2ccccc2)COCc2ccccc2)COC(COCc2ccccc2)COCc2ccccc2)cc(C(=O)OCC(COC(COCc2ccccc2)COCc2ccccc2)COC(COCc2ccccc2)COCc2ccccc2)c1. The van der Waals surface area contributed by atoms with Crippen molar-refractivity contribution in [2.24, 2.45) is 17.8 Å². The van der Waals surface area contributed by atoms with Crippen LogP contribution in [0.15, 0.2) is 382 Å². The number of carbonyl (C=O) groups is 3. The van der Waals surface area contributed by atoms with Crippen LogP contribution >= 0.6 is 0 Å². The van der Waals surface area contributed by atoms with Crippen LogP contribution in [0.25, 0.3) is 0 Å². The van der Waals surface area contributed by atoms with E-state index in [-0.39, 0.29) is 155 Å². The zero-order valence-corrected chi connectivity index (χ0v) is 83.7. The van der Waals surface area contributed by atoms with Crippen molar-refractivity contribution in [3.63, 3.8) is 0 Å². The molecule has 0 spiro atoms. The van der Waals surface area contributed by atoms with Gasteiger partial charge in [0.1, 0.15) is 36.6 Å². The molecule has 0 aromatic heterocycles. The van der Waals surface area contributed by atoms with E-state index in [1.807, 2.05) is 364 Å². The maximum absolute atomic E-state index is 15.6. The molecule has 24 heteroatoms. The molecular formula is C123H138O24. The molecule has 13 rings (SSSR count). The van der Waals surface area contributed by atoms with Crippen molar-refractivity contribution in [1.82, 2.24) is 0 Å². The van der Waals surface area contributed by atoms with Gasteiger partial charge in [-0.25, -0.2) is 14.4 Å².